The molecule has 1 aromatic heterocycles. The number of nitrogens with zero attached hydrogens (tertiary/aromatic N) is 2. The SMILES string of the molecule is Cc1ccc(-c2cc(C(=O)N3CCCNCC3c3ccccc3)[nH]n2)cc1.O=C(O)C(F)(F)F. The summed E-state index contributed by atoms with van der Waals surface area (Å²) in [5, 5.41) is 17.9. The molecule has 34 heavy (non-hydrogen) atoms. The maximum absolute atomic E-state index is 13.3. The van der Waals surface area contributed by atoms with Crippen LogP contribution in [0.2, 0.25) is 0 Å². The summed E-state index contributed by atoms with van der Waals surface area (Å²) in [6, 6.07) is 20.3. The molecule has 1 amide bonds. The Hall–Kier alpha value is -3.66. The predicted molar refractivity (Wildman–Crippen MR) is 120 cm³/mol. The molecule has 0 aliphatic carbocycles. The lowest BCUT2D eigenvalue weighted by Crippen LogP contribution is -2.37. The number of H-pyrrole nitrogens is 1. The van der Waals surface area contributed by atoms with Crippen molar-refractivity contribution in [1.29, 1.82) is 0 Å². The molecule has 1 fully saturated rings. The van der Waals surface area contributed by atoms with Crippen LogP contribution in [0.25, 0.3) is 11.3 Å². The van der Waals surface area contributed by atoms with E-state index >= 15 is 0 Å². The third kappa shape index (κ3) is 6.44. The van der Waals surface area contributed by atoms with E-state index in [0.29, 0.717) is 5.69 Å². The minimum atomic E-state index is -5.08. The smallest absolute Gasteiger partial charge is 0.475 e. The second-order valence-corrected chi connectivity index (χ2v) is 7.82. The van der Waals surface area contributed by atoms with Gasteiger partial charge in [-0.1, -0.05) is 60.2 Å². The van der Waals surface area contributed by atoms with Gasteiger partial charge in [-0.25, -0.2) is 4.79 Å². The number of alkyl halides is 3. The van der Waals surface area contributed by atoms with Crippen LogP contribution < -0.4 is 5.32 Å². The highest BCUT2D eigenvalue weighted by Gasteiger charge is 2.38. The fourth-order valence-electron chi connectivity index (χ4n) is 3.55. The molecule has 0 radical (unpaired) electrons. The average Bonchev–Trinajstić information content (AvgIpc) is 3.17. The quantitative estimate of drug-likeness (QED) is 0.529. The summed E-state index contributed by atoms with van der Waals surface area (Å²) >= 11 is 0. The number of carbonyl (C=O) groups is 2. The summed E-state index contributed by atoms with van der Waals surface area (Å²) in [5.74, 6) is -2.76. The highest BCUT2D eigenvalue weighted by atomic mass is 19.4. The van der Waals surface area contributed by atoms with Gasteiger partial charge in [-0.2, -0.15) is 18.3 Å². The number of aromatic nitrogens is 2. The highest BCUT2D eigenvalue weighted by molar-refractivity contribution is 5.93. The molecule has 2 heterocycles. The number of aryl methyl sites for hydroxylation is 1. The molecule has 4 rings (SSSR count). The van der Waals surface area contributed by atoms with E-state index in [4.69, 9.17) is 9.90 Å². The van der Waals surface area contributed by atoms with Gasteiger partial charge in [-0.3, -0.25) is 9.89 Å². The van der Waals surface area contributed by atoms with Gasteiger partial charge < -0.3 is 15.3 Å². The molecule has 3 aromatic rings. The van der Waals surface area contributed by atoms with Crippen molar-refractivity contribution < 1.29 is 27.9 Å². The van der Waals surface area contributed by atoms with Gasteiger partial charge in [0.05, 0.1) is 11.7 Å². The summed E-state index contributed by atoms with van der Waals surface area (Å²) in [4.78, 5) is 24.1. The summed E-state index contributed by atoms with van der Waals surface area (Å²) in [5.41, 5.74) is 4.69. The van der Waals surface area contributed by atoms with E-state index in [1.54, 1.807) is 0 Å². The molecule has 1 saturated heterocycles. The number of nitrogens with one attached hydrogen (secondary N) is 2. The molecule has 2 aromatic carbocycles. The first-order valence-electron chi connectivity index (χ1n) is 10.7. The lowest BCUT2D eigenvalue weighted by atomic mass is 10.0. The van der Waals surface area contributed by atoms with Crippen molar-refractivity contribution in [2.24, 2.45) is 0 Å². The van der Waals surface area contributed by atoms with Gasteiger partial charge in [0, 0.05) is 18.7 Å². The van der Waals surface area contributed by atoms with Gasteiger partial charge in [0.1, 0.15) is 5.69 Å². The Morgan fingerprint density at radius 1 is 1.09 bits per heavy atom. The van der Waals surface area contributed by atoms with Crippen LogP contribution in [0, 0.1) is 6.92 Å². The minimum Gasteiger partial charge on any atom is -0.475 e. The van der Waals surface area contributed by atoms with E-state index < -0.39 is 12.1 Å². The third-order valence-electron chi connectivity index (χ3n) is 5.31. The number of hydrogen-bond donors (Lipinski definition) is 3. The number of aromatic amines is 1. The molecule has 0 saturated carbocycles. The zero-order chi connectivity index (χ0) is 24.7. The predicted octanol–water partition coefficient (Wildman–Crippen LogP) is 4.20. The molecule has 1 aliphatic heterocycles. The Labute approximate surface area is 194 Å². The van der Waals surface area contributed by atoms with Crippen LogP contribution in [0.15, 0.2) is 60.7 Å². The molecular formula is C24H25F3N4O3. The van der Waals surface area contributed by atoms with Crippen LogP contribution in [0.4, 0.5) is 13.2 Å². The normalized spacial score (nSPS) is 16.2. The van der Waals surface area contributed by atoms with Gasteiger partial charge in [-0.05, 0) is 31.5 Å². The number of halogens is 3. The first-order chi connectivity index (χ1) is 16.2. The number of carboxylic acids is 1. The Kier molecular flexibility index (Phi) is 8.06. The number of hydrogen-bond acceptors (Lipinski definition) is 4. The summed E-state index contributed by atoms with van der Waals surface area (Å²) in [7, 11) is 0. The van der Waals surface area contributed by atoms with Gasteiger partial charge in [0.25, 0.3) is 5.91 Å². The number of amides is 1. The van der Waals surface area contributed by atoms with Crippen LogP contribution in [0.3, 0.4) is 0 Å². The maximum atomic E-state index is 13.3. The van der Waals surface area contributed by atoms with Gasteiger partial charge in [0.15, 0.2) is 0 Å². The largest absolute Gasteiger partial charge is 0.490 e. The number of aliphatic carboxylic acids is 1. The van der Waals surface area contributed by atoms with E-state index in [1.807, 2.05) is 41.3 Å². The average molecular weight is 474 g/mol. The summed E-state index contributed by atoms with van der Waals surface area (Å²) < 4.78 is 31.7. The first-order valence-corrected chi connectivity index (χ1v) is 10.7. The fraction of sp³-hybridized carbons (Fsp3) is 0.292. The summed E-state index contributed by atoms with van der Waals surface area (Å²) in [6.07, 6.45) is -4.14. The van der Waals surface area contributed by atoms with Crippen molar-refractivity contribution in [2.75, 3.05) is 19.6 Å². The number of carbonyl (C=O) groups excluding carboxylic acids is 1. The molecule has 3 N–H and O–H groups in total. The van der Waals surface area contributed by atoms with E-state index in [2.05, 4.69) is 46.7 Å². The van der Waals surface area contributed by atoms with Crippen LogP contribution in [-0.2, 0) is 4.79 Å². The highest BCUT2D eigenvalue weighted by Crippen LogP contribution is 2.25. The second kappa shape index (κ2) is 11.0. The Balaban J connectivity index is 0.000000406. The van der Waals surface area contributed by atoms with Crippen LogP contribution in [0.1, 0.15) is 34.1 Å². The molecule has 10 heteroatoms. The molecular weight excluding hydrogens is 449 g/mol. The molecule has 0 spiro atoms. The molecule has 0 bridgehead atoms. The van der Waals surface area contributed by atoms with Crippen molar-refractivity contribution in [1.82, 2.24) is 20.4 Å². The number of rotatable bonds is 3. The van der Waals surface area contributed by atoms with Crippen molar-refractivity contribution in [3.8, 4) is 11.3 Å². The van der Waals surface area contributed by atoms with Crippen LogP contribution in [0.5, 0.6) is 0 Å². The van der Waals surface area contributed by atoms with Gasteiger partial charge >= 0.3 is 12.1 Å². The lowest BCUT2D eigenvalue weighted by Gasteiger charge is -2.29. The molecule has 1 atom stereocenters. The topological polar surface area (TPSA) is 98.3 Å². The molecule has 7 nitrogen and oxygen atoms in total. The molecule has 180 valence electrons. The van der Waals surface area contributed by atoms with E-state index in [0.717, 1.165) is 42.9 Å². The van der Waals surface area contributed by atoms with E-state index in [9.17, 15) is 18.0 Å². The Morgan fingerprint density at radius 2 is 1.74 bits per heavy atom. The van der Waals surface area contributed by atoms with E-state index in [-0.39, 0.29) is 11.9 Å². The molecule has 1 unspecified atom stereocenters. The van der Waals surface area contributed by atoms with Gasteiger partial charge in [-0.15, -0.1) is 0 Å². The Morgan fingerprint density at radius 3 is 2.35 bits per heavy atom. The van der Waals surface area contributed by atoms with Crippen LogP contribution >= 0.6 is 0 Å². The zero-order valence-corrected chi connectivity index (χ0v) is 18.5. The minimum absolute atomic E-state index is 0.00147. The first kappa shape index (κ1) is 25.0. The van der Waals surface area contributed by atoms with Crippen molar-refractivity contribution in [2.45, 2.75) is 25.6 Å². The van der Waals surface area contributed by atoms with Crippen molar-refractivity contribution in [3.05, 3.63) is 77.5 Å². The maximum Gasteiger partial charge on any atom is 0.490 e. The zero-order valence-electron chi connectivity index (χ0n) is 18.5. The Bertz CT molecular complexity index is 1100. The van der Waals surface area contributed by atoms with Crippen LogP contribution in [-0.4, -0.2) is 57.9 Å². The standard InChI is InChI=1S/C22H24N4O.C2HF3O2/c1-16-8-10-17(11-9-16)19-14-20(25-24-19)22(27)26-13-5-12-23-15-21(26)18-6-3-2-4-7-18;3-2(4,5)1(6)7/h2-4,6-11,14,21,23H,5,12-13,15H2,1H3,(H,24,25);(H,6,7). The van der Waals surface area contributed by atoms with Crippen molar-refractivity contribution >= 4 is 11.9 Å². The van der Waals surface area contributed by atoms with Crippen molar-refractivity contribution in [3.63, 3.8) is 0 Å². The monoisotopic (exact) mass is 474 g/mol. The second-order valence-electron chi connectivity index (χ2n) is 7.82. The molecule has 1 aliphatic rings. The number of benzene rings is 2. The number of carboxylic acid groups (broad SMARTS) is 1. The van der Waals surface area contributed by atoms with E-state index in [1.165, 1.54) is 5.56 Å². The lowest BCUT2D eigenvalue weighted by molar-refractivity contribution is -0.192. The third-order valence-corrected chi connectivity index (χ3v) is 5.31. The summed E-state index contributed by atoms with van der Waals surface area (Å²) in [6.45, 7) is 4.46. The van der Waals surface area contributed by atoms with Gasteiger partial charge in [0.2, 0.25) is 0 Å². The fourth-order valence-corrected chi connectivity index (χ4v) is 3.55.